The number of carboxylic acid groups (broad SMARTS) is 1. The summed E-state index contributed by atoms with van der Waals surface area (Å²) in [4.78, 5) is 10.5. The fourth-order valence-electron chi connectivity index (χ4n) is 2.10. The van der Waals surface area contributed by atoms with Crippen LogP contribution < -0.4 is 0 Å². The van der Waals surface area contributed by atoms with Crippen LogP contribution in [0.25, 0.3) is 0 Å². The predicted molar refractivity (Wildman–Crippen MR) is 78.9 cm³/mol. The monoisotopic (exact) mass is 372 g/mol. The highest BCUT2D eigenvalue weighted by atomic mass is 32.2. The minimum absolute atomic E-state index is 0.152. The molecule has 0 aromatic heterocycles. The standard InChI is InChI=1S/C15H17F5O3S/c1-5-8-9(12(21)22)6-7-10(14(16,17)15(18,19)20)11(8)24(23)13(2,3)4/h6-7H,5H2,1-4H3,(H,21,22)/t24-/m1/s1. The van der Waals surface area contributed by atoms with Gasteiger partial charge in [0.1, 0.15) is 0 Å². The molecule has 0 unspecified atom stereocenters. The smallest absolute Gasteiger partial charge is 0.458 e. The van der Waals surface area contributed by atoms with E-state index in [0.29, 0.717) is 12.1 Å². The number of alkyl halides is 5. The first kappa shape index (κ1) is 20.5. The lowest BCUT2D eigenvalue weighted by Gasteiger charge is -2.27. The van der Waals surface area contributed by atoms with Crippen LogP contribution in [0.4, 0.5) is 22.0 Å². The van der Waals surface area contributed by atoms with E-state index in [4.69, 9.17) is 5.11 Å². The molecule has 24 heavy (non-hydrogen) atoms. The summed E-state index contributed by atoms with van der Waals surface area (Å²) in [6.07, 6.45) is -6.04. The number of hydrogen-bond donors (Lipinski definition) is 1. The first-order valence-electron chi connectivity index (χ1n) is 6.92. The number of carboxylic acids is 1. The Kier molecular flexibility index (Phi) is 5.49. The maximum atomic E-state index is 13.9. The van der Waals surface area contributed by atoms with Crippen LogP contribution >= 0.6 is 0 Å². The average Bonchev–Trinajstić information content (AvgIpc) is 2.42. The molecule has 1 rings (SSSR count). The molecule has 0 amide bonds. The van der Waals surface area contributed by atoms with Gasteiger partial charge in [0.05, 0.1) is 21.3 Å². The largest absolute Gasteiger partial charge is 0.478 e. The first-order chi connectivity index (χ1) is 10.7. The van der Waals surface area contributed by atoms with Crippen LogP contribution in [0.2, 0.25) is 0 Å². The number of carbonyl (C=O) groups is 1. The van der Waals surface area contributed by atoms with E-state index in [9.17, 15) is 31.0 Å². The van der Waals surface area contributed by atoms with Crippen molar-refractivity contribution in [1.29, 1.82) is 0 Å². The lowest BCUT2D eigenvalue weighted by atomic mass is 9.98. The van der Waals surface area contributed by atoms with Crippen molar-refractivity contribution in [2.24, 2.45) is 0 Å². The molecule has 0 fully saturated rings. The Morgan fingerprint density at radius 1 is 1.12 bits per heavy atom. The molecule has 0 radical (unpaired) electrons. The van der Waals surface area contributed by atoms with Crippen LogP contribution in [0.1, 0.15) is 49.2 Å². The molecule has 0 bridgehead atoms. The predicted octanol–water partition coefficient (Wildman–Crippen LogP) is 4.51. The van der Waals surface area contributed by atoms with Gasteiger partial charge in [-0.15, -0.1) is 0 Å². The van der Waals surface area contributed by atoms with E-state index < -0.39 is 49.6 Å². The third kappa shape index (κ3) is 3.60. The van der Waals surface area contributed by atoms with Crippen molar-refractivity contribution < 1.29 is 36.1 Å². The number of aromatic carboxylic acids is 1. The van der Waals surface area contributed by atoms with Crippen molar-refractivity contribution in [1.82, 2.24) is 0 Å². The van der Waals surface area contributed by atoms with Gasteiger partial charge in [0.15, 0.2) is 0 Å². The molecule has 1 N–H and O–H groups in total. The summed E-state index contributed by atoms with van der Waals surface area (Å²) in [5.41, 5.74) is -2.19. The number of benzene rings is 1. The second-order valence-corrected chi connectivity index (χ2v) is 8.25. The normalized spacial score (nSPS) is 14.5. The van der Waals surface area contributed by atoms with Crippen molar-refractivity contribution in [3.63, 3.8) is 0 Å². The van der Waals surface area contributed by atoms with Crippen LogP contribution in [0.3, 0.4) is 0 Å². The average molecular weight is 372 g/mol. The maximum Gasteiger partial charge on any atom is 0.458 e. The first-order valence-corrected chi connectivity index (χ1v) is 8.07. The summed E-state index contributed by atoms with van der Waals surface area (Å²) >= 11 is 0. The van der Waals surface area contributed by atoms with E-state index >= 15 is 0 Å². The van der Waals surface area contributed by atoms with Crippen molar-refractivity contribution in [2.45, 2.75) is 55.9 Å². The molecular weight excluding hydrogens is 355 g/mol. The van der Waals surface area contributed by atoms with Gasteiger partial charge < -0.3 is 5.11 Å². The van der Waals surface area contributed by atoms with Crippen LogP contribution in [0.15, 0.2) is 17.0 Å². The highest BCUT2D eigenvalue weighted by Gasteiger charge is 2.60. The van der Waals surface area contributed by atoms with E-state index in [1.54, 1.807) is 0 Å². The Morgan fingerprint density at radius 2 is 1.62 bits per heavy atom. The Hall–Kier alpha value is -1.51. The number of halogens is 5. The molecule has 0 spiro atoms. The van der Waals surface area contributed by atoms with Crippen LogP contribution in [0, 0.1) is 0 Å². The zero-order valence-corrected chi connectivity index (χ0v) is 14.2. The van der Waals surface area contributed by atoms with E-state index in [-0.39, 0.29) is 12.0 Å². The highest BCUT2D eigenvalue weighted by Crippen LogP contribution is 2.47. The fourth-order valence-corrected chi connectivity index (χ4v) is 3.58. The van der Waals surface area contributed by atoms with Crippen molar-refractivity contribution >= 4 is 16.8 Å². The molecule has 1 aromatic rings. The van der Waals surface area contributed by atoms with Gasteiger partial charge in [-0.25, -0.2) is 4.79 Å². The lowest BCUT2D eigenvalue weighted by molar-refractivity contribution is -0.290. The molecule has 3 nitrogen and oxygen atoms in total. The van der Waals surface area contributed by atoms with E-state index in [1.165, 1.54) is 27.7 Å². The summed E-state index contributed by atoms with van der Waals surface area (Å²) in [6.45, 7) is 5.63. The third-order valence-corrected chi connectivity index (χ3v) is 5.23. The highest BCUT2D eigenvalue weighted by molar-refractivity contribution is 7.86. The zero-order chi connectivity index (χ0) is 19.1. The molecule has 0 heterocycles. The van der Waals surface area contributed by atoms with Gasteiger partial charge in [-0.05, 0) is 38.8 Å². The second kappa shape index (κ2) is 6.42. The zero-order valence-electron chi connectivity index (χ0n) is 13.4. The van der Waals surface area contributed by atoms with Gasteiger partial charge in [-0.2, -0.15) is 22.0 Å². The molecule has 0 aliphatic rings. The molecule has 0 aliphatic heterocycles. The summed E-state index contributed by atoms with van der Waals surface area (Å²) < 4.78 is 77.7. The SMILES string of the molecule is CCc1c(C(=O)O)ccc(C(F)(F)C(F)(F)F)c1[S@@](=O)C(C)(C)C. The summed E-state index contributed by atoms with van der Waals surface area (Å²) in [5.74, 6) is -6.73. The quantitative estimate of drug-likeness (QED) is 0.792. The minimum atomic E-state index is -5.89. The molecule has 1 atom stereocenters. The summed E-state index contributed by atoms with van der Waals surface area (Å²) in [7, 11) is -2.28. The molecule has 9 heteroatoms. The maximum absolute atomic E-state index is 13.9. The Morgan fingerprint density at radius 3 is 1.96 bits per heavy atom. The van der Waals surface area contributed by atoms with Gasteiger partial charge in [-0.1, -0.05) is 13.0 Å². The fraction of sp³-hybridized carbons (Fsp3) is 0.533. The van der Waals surface area contributed by atoms with Crippen LogP contribution in [-0.4, -0.2) is 26.2 Å². The molecular formula is C15H17F5O3S. The van der Waals surface area contributed by atoms with Gasteiger partial charge in [-0.3, -0.25) is 4.21 Å². The summed E-state index contributed by atoms with van der Waals surface area (Å²) in [6, 6.07) is 1.09. The van der Waals surface area contributed by atoms with Gasteiger partial charge in [0.25, 0.3) is 0 Å². The van der Waals surface area contributed by atoms with Crippen LogP contribution in [-0.2, 0) is 23.1 Å². The van der Waals surface area contributed by atoms with E-state index in [0.717, 1.165) is 0 Å². The van der Waals surface area contributed by atoms with Crippen molar-refractivity contribution in [3.8, 4) is 0 Å². The van der Waals surface area contributed by atoms with Crippen molar-refractivity contribution in [3.05, 3.63) is 28.8 Å². The van der Waals surface area contributed by atoms with Crippen molar-refractivity contribution in [2.75, 3.05) is 0 Å². The lowest BCUT2D eigenvalue weighted by Crippen LogP contribution is -2.36. The van der Waals surface area contributed by atoms with Gasteiger partial charge >= 0.3 is 18.1 Å². The molecule has 0 saturated carbocycles. The van der Waals surface area contributed by atoms with Gasteiger partial charge in [0, 0.05) is 10.3 Å². The van der Waals surface area contributed by atoms with Gasteiger partial charge in [0.2, 0.25) is 0 Å². The molecule has 0 saturated heterocycles. The molecule has 0 aliphatic carbocycles. The molecule has 1 aromatic carbocycles. The topological polar surface area (TPSA) is 54.4 Å². The number of hydrogen-bond acceptors (Lipinski definition) is 2. The Bertz CT molecular complexity index is 675. The van der Waals surface area contributed by atoms with E-state index in [2.05, 4.69) is 0 Å². The number of rotatable bonds is 4. The Balaban J connectivity index is 3.93. The third-order valence-electron chi connectivity index (χ3n) is 3.28. The molecule has 136 valence electrons. The Labute approximate surface area is 138 Å². The van der Waals surface area contributed by atoms with Crippen LogP contribution in [0.5, 0.6) is 0 Å². The minimum Gasteiger partial charge on any atom is -0.478 e. The summed E-state index contributed by atoms with van der Waals surface area (Å²) in [5, 5.41) is 9.15. The van der Waals surface area contributed by atoms with E-state index in [1.807, 2.05) is 0 Å². The second-order valence-electron chi connectivity index (χ2n) is 6.08.